The van der Waals surface area contributed by atoms with Crippen LogP contribution in [0.15, 0.2) is 104 Å². The second-order valence-electron chi connectivity index (χ2n) is 6.35. The van der Waals surface area contributed by atoms with E-state index in [1.165, 1.54) is 0 Å². The van der Waals surface area contributed by atoms with Crippen molar-refractivity contribution in [1.82, 2.24) is 15.0 Å². The summed E-state index contributed by atoms with van der Waals surface area (Å²) in [7, 11) is 0. The molecule has 1 aromatic heterocycles. The maximum absolute atomic E-state index is 4.73. The Balaban J connectivity index is 1.85. The summed E-state index contributed by atoms with van der Waals surface area (Å²) in [6.07, 6.45) is 1.66. The summed E-state index contributed by atoms with van der Waals surface area (Å²) in [6, 6.07) is 28.4. The molecule has 0 fully saturated rings. The van der Waals surface area contributed by atoms with Gasteiger partial charge < -0.3 is 0 Å². The number of nitrogens with zero attached hydrogens (tertiary/aromatic N) is 3. The highest BCUT2D eigenvalue weighted by atomic mass is 15.0. The van der Waals surface area contributed by atoms with Gasteiger partial charge >= 0.3 is 0 Å². The molecule has 4 rings (SSSR count). The molecule has 0 spiro atoms. The number of aromatic nitrogens is 3. The Morgan fingerprint density at radius 3 is 1.79 bits per heavy atom. The number of hydrogen-bond acceptors (Lipinski definition) is 3. The van der Waals surface area contributed by atoms with Gasteiger partial charge in [0.2, 0.25) is 0 Å². The highest BCUT2D eigenvalue weighted by molar-refractivity contribution is 5.73. The number of allylic oxidation sites excluding steroid dienone is 2. The maximum Gasteiger partial charge on any atom is 0.164 e. The van der Waals surface area contributed by atoms with Gasteiger partial charge in [-0.05, 0) is 17.2 Å². The molecule has 0 radical (unpaired) electrons. The van der Waals surface area contributed by atoms with Gasteiger partial charge in [0.15, 0.2) is 17.5 Å². The standard InChI is InChI=1S/C25H19N3/c1-3-18(2)23-26-24(20-13-8-5-9-14-20)28-25(27-23)22-16-10-15-21(17-22)19-11-6-4-7-12-19/h3-17H,1-2H2. The van der Waals surface area contributed by atoms with Crippen molar-refractivity contribution in [3.8, 4) is 33.9 Å². The zero-order valence-electron chi connectivity index (χ0n) is 15.4. The van der Waals surface area contributed by atoms with Gasteiger partial charge in [-0.15, -0.1) is 0 Å². The Hall–Kier alpha value is -3.85. The largest absolute Gasteiger partial charge is 0.208 e. The molecule has 0 atom stereocenters. The lowest BCUT2D eigenvalue weighted by Crippen LogP contribution is -2.01. The summed E-state index contributed by atoms with van der Waals surface area (Å²) in [4.78, 5) is 14.0. The van der Waals surface area contributed by atoms with Crippen LogP contribution in [0.5, 0.6) is 0 Å². The average molecular weight is 361 g/mol. The van der Waals surface area contributed by atoms with E-state index in [-0.39, 0.29) is 0 Å². The lowest BCUT2D eigenvalue weighted by Gasteiger charge is -2.09. The van der Waals surface area contributed by atoms with E-state index in [0.717, 1.165) is 22.3 Å². The monoisotopic (exact) mass is 361 g/mol. The Morgan fingerprint density at radius 2 is 1.14 bits per heavy atom. The van der Waals surface area contributed by atoms with Crippen LogP contribution in [0.2, 0.25) is 0 Å². The molecule has 3 nitrogen and oxygen atoms in total. The fraction of sp³-hybridized carbons (Fsp3) is 0. The van der Waals surface area contributed by atoms with Gasteiger partial charge in [0.25, 0.3) is 0 Å². The maximum atomic E-state index is 4.73. The molecule has 134 valence electrons. The van der Waals surface area contributed by atoms with Gasteiger partial charge in [-0.2, -0.15) is 0 Å². The van der Waals surface area contributed by atoms with Crippen LogP contribution >= 0.6 is 0 Å². The number of rotatable bonds is 5. The quantitative estimate of drug-likeness (QED) is 0.405. The third-order valence-corrected chi connectivity index (χ3v) is 4.43. The van der Waals surface area contributed by atoms with E-state index < -0.39 is 0 Å². The fourth-order valence-electron chi connectivity index (χ4n) is 2.92. The van der Waals surface area contributed by atoms with Crippen LogP contribution in [0, 0.1) is 0 Å². The van der Waals surface area contributed by atoms with Crippen molar-refractivity contribution in [3.05, 3.63) is 110 Å². The van der Waals surface area contributed by atoms with Crippen molar-refractivity contribution in [2.45, 2.75) is 0 Å². The van der Waals surface area contributed by atoms with Crippen molar-refractivity contribution in [2.24, 2.45) is 0 Å². The first-order valence-corrected chi connectivity index (χ1v) is 9.03. The van der Waals surface area contributed by atoms with Crippen molar-refractivity contribution < 1.29 is 0 Å². The van der Waals surface area contributed by atoms with E-state index in [4.69, 9.17) is 4.98 Å². The number of benzene rings is 3. The Morgan fingerprint density at radius 1 is 0.607 bits per heavy atom. The third-order valence-electron chi connectivity index (χ3n) is 4.43. The van der Waals surface area contributed by atoms with E-state index >= 15 is 0 Å². The predicted octanol–water partition coefficient (Wildman–Crippen LogP) is 6.07. The van der Waals surface area contributed by atoms with Crippen LogP contribution in [0.25, 0.3) is 39.5 Å². The molecule has 0 unspecified atom stereocenters. The highest BCUT2D eigenvalue weighted by Gasteiger charge is 2.12. The normalized spacial score (nSPS) is 10.4. The minimum Gasteiger partial charge on any atom is -0.208 e. The SMILES string of the molecule is C=CC(=C)c1nc(-c2ccccc2)nc(-c2cccc(-c3ccccc3)c2)n1. The molecule has 0 bridgehead atoms. The summed E-state index contributed by atoms with van der Waals surface area (Å²) in [5, 5.41) is 0. The second-order valence-corrected chi connectivity index (χ2v) is 6.35. The predicted molar refractivity (Wildman–Crippen MR) is 115 cm³/mol. The molecule has 0 aliphatic carbocycles. The first-order valence-electron chi connectivity index (χ1n) is 9.03. The van der Waals surface area contributed by atoms with E-state index in [9.17, 15) is 0 Å². The first-order chi connectivity index (χ1) is 13.7. The molecule has 0 aliphatic rings. The summed E-state index contributed by atoms with van der Waals surface area (Å²) in [5.41, 5.74) is 4.80. The van der Waals surface area contributed by atoms with Crippen LogP contribution in [0.3, 0.4) is 0 Å². The van der Waals surface area contributed by atoms with Crippen molar-refractivity contribution in [2.75, 3.05) is 0 Å². The lowest BCUT2D eigenvalue weighted by molar-refractivity contribution is 1.04. The van der Waals surface area contributed by atoms with Gasteiger partial charge in [-0.3, -0.25) is 0 Å². The zero-order valence-corrected chi connectivity index (χ0v) is 15.4. The summed E-state index contributed by atoms with van der Waals surface area (Å²) in [6.45, 7) is 7.80. The van der Waals surface area contributed by atoms with Gasteiger partial charge in [-0.1, -0.05) is 98.1 Å². The van der Waals surface area contributed by atoms with E-state index in [1.54, 1.807) is 6.08 Å². The highest BCUT2D eigenvalue weighted by Crippen LogP contribution is 2.26. The molecule has 0 N–H and O–H groups in total. The van der Waals surface area contributed by atoms with Gasteiger partial charge in [0.05, 0.1) is 0 Å². The Bertz CT molecular complexity index is 1130. The fourth-order valence-corrected chi connectivity index (χ4v) is 2.92. The number of hydrogen-bond donors (Lipinski definition) is 0. The van der Waals surface area contributed by atoms with Crippen molar-refractivity contribution >= 4 is 5.57 Å². The molecule has 0 aliphatic heterocycles. The van der Waals surface area contributed by atoms with E-state index in [1.807, 2.05) is 60.7 Å². The second kappa shape index (κ2) is 7.80. The smallest absolute Gasteiger partial charge is 0.164 e. The zero-order chi connectivity index (χ0) is 19.3. The van der Waals surface area contributed by atoms with E-state index in [0.29, 0.717) is 23.0 Å². The minimum absolute atomic E-state index is 0.531. The van der Waals surface area contributed by atoms with Crippen LogP contribution in [-0.4, -0.2) is 15.0 Å². The first kappa shape index (κ1) is 17.6. The third kappa shape index (κ3) is 3.64. The lowest BCUT2D eigenvalue weighted by atomic mass is 10.0. The van der Waals surface area contributed by atoms with Crippen molar-refractivity contribution in [1.29, 1.82) is 0 Å². The van der Waals surface area contributed by atoms with Gasteiger partial charge in [-0.25, -0.2) is 15.0 Å². The van der Waals surface area contributed by atoms with Gasteiger partial charge in [0, 0.05) is 16.7 Å². The molecular formula is C25H19N3. The summed E-state index contributed by atoms with van der Waals surface area (Å²) < 4.78 is 0. The average Bonchev–Trinajstić information content (AvgIpc) is 2.79. The molecule has 3 heteroatoms. The van der Waals surface area contributed by atoms with Crippen LogP contribution in [0.1, 0.15) is 5.82 Å². The molecule has 4 aromatic rings. The summed E-state index contributed by atoms with van der Waals surface area (Å²) >= 11 is 0. The Kier molecular flexibility index (Phi) is 4.89. The molecule has 3 aromatic carbocycles. The topological polar surface area (TPSA) is 38.7 Å². The molecule has 28 heavy (non-hydrogen) atoms. The molecule has 0 saturated heterocycles. The molecule has 1 heterocycles. The van der Waals surface area contributed by atoms with E-state index in [2.05, 4.69) is 47.4 Å². The molecular weight excluding hydrogens is 342 g/mol. The van der Waals surface area contributed by atoms with Crippen LogP contribution in [0.4, 0.5) is 0 Å². The van der Waals surface area contributed by atoms with Gasteiger partial charge in [0.1, 0.15) is 0 Å². The minimum atomic E-state index is 0.531. The Labute approximate surface area is 164 Å². The molecule has 0 saturated carbocycles. The molecule has 0 amide bonds. The van der Waals surface area contributed by atoms with Crippen LogP contribution in [-0.2, 0) is 0 Å². The van der Waals surface area contributed by atoms with Crippen molar-refractivity contribution in [3.63, 3.8) is 0 Å². The van der Waals surface area contributed by atoms with Crippen LogP contribution < -0.4 is 0 Å². The summed E-state index contributed by atoms with van der Waals surface area (Å²) in [5.74, 6) is 1.77.